The van der Waals surface area contributed by atoms with Crippen molar-refractivity contribution in [3.05, 3.63) is 70.0 Å². The van der Waals surface area contributed by atoms with Crippen LogP contribution in [0.2, 0.25) is 0 Å². The summed E-state index contributed by atoms with van der Waals surface area (Å²) in [5.41, 5.74) is 1.81. The number of halogens is 3. The summed E-state index contributed by atoms with van der Waals surface area (Å²) in [7, 11) is 0. The molecular weight excluding hydrogens is 363 g/mol. The Hall–Kier alpha value is -3.23. The molecule has 2 aromatic heterocycles. The van der Waals surface area contributed by atoms with Crippen molar-refractivity contribution in [2.75, 3.05) is 0 Å². The largest absolute Gasteiger partial charge is 0.573 e. The number of aryl methyl sites for hydroxylation is 1. The normalized spacial score (nSPS) is 11.6. The Labute approximate surface area is 152 Å². The molecule has 0 saturated carbocycles. The van der Waals surface area contributed by atoms with Gasteiger partial charge in [0.1, 0.15) is 5.75 Å². The molecule has 0 saturated heterocycles. The van der Waals surface area contributed by atoms with Gasteiger partial charge in [-0.2, -0.15) is 0 Å². The molecule has 1 N–H and O–H groups in total. The van der Waals surface area contributed by atoms with Crippen LogP contribution in [0.5, 0.6) is 11.6 Å². The summed E-state index contributed by atoms with van der Waals surface area (Å²) in [4.78, 5) is 16.8. The number of aromatic hydroxyl groups is 1. The van der Waals surface area contributed by atoms with Crippen LogP contribution in [0.25, 0.3) is 5.69 Å². The first-order valence-corrected chi connectivity index (χ1v) is 7.94. The third-order valence-electron chi connectivity index (χ3n) is 4.16. The number of hydrogen-bond acceptors (Lipinski definition) is 4. The minimum absolute atomic E-state index is 0.223. The average molecular weight is 379 g/mol. The molecule has 27 heavy (non-hydrogen) atoms. The molecule has 9 heteroatoms. The molecule has 0 bridgehead atoms. The minimum atomic E-state index is -4.80. The van der Waals surface area contributed by atoms with Crippen molar-refractivity contribution >= 4 is 0 Å². The highest BCUT2D eigenvalue weighted by Gasteiger charge is 2.31. The number of nitrogens with zero attached hydrogens (tertiary/aromatic N) is 3. The number of aromatic nitrogens is 3. The first kappa shape index (κ1) is 18.6. The maximum Gasteiger partial charge on any atom is 0.573 e. The highest BCUT2D eigenvalue weighted by atomic mass is 19.4. The van der Waals surface area contributed by atoms with E-state index in [2.05, 4.69) is 9.72 Å². The van der Waals surface area contributed by atoms with Crippen LogP contribution in [0.4, 0.5) is 13.2 Å². The molecular formula is C18H16F3N3O3. The number of benzene rings is 1. The van der Waals surface area contributed by atoms with E-state index in [1.165, 1.54) is 16.7 Å². The lowest BCUT2D eigenvalue weighted by Gasteiger charge is -2.09. The average Bonchev–Trinajstić information content (AvgIpc) is 2.80. The van der Waals surface area contributed by atoms with Gasteiger partial charge in [0.2, 0.25) is 5.88 Å². The van der Waals surface area contributed by atoms with E-state index < -0.39 is 17.8 Å². The molecule has 0 amide bonds. The monoisotopic (exact) mass is 379 g/mol. The molecule has 3 rings (SSSR count). The number of ether oxygens (including phenoxy) is 1. The van der Waals surface area contributed by atoms with Crippen molar-refractivity contribution < 1.29 is 23.0 Å². The maximum absolute atomic E-state index is 12.8. The van der Waals surface area contributed by atoms with Crippen LogP contribution in [0.3, 0.4) is 0 Å². The molecule has 6 nitrogen and oxygen atoms in total. The van der Waals surface area contributed by atoms with E-state index in [-0.39, 0.29) is 18.1 Å². The van der Waals surface area contributed by atoms with E-state index in [0.717, 1.165) is 27.8 Å². The smallest absolute Gasteiger partial charge is 0.493 e. The van der Waals surface area contributed by atoms with Crippen molar-refractivity contribution in [1.82, 2.24) is 14.1 Å². The lowest BCUT2D eigenvalue weighted by Crippen LogP contribution is -2.24. The summed E-state index contributed by atoms with van der Waals surface area (Å²) in [6, 6.07) is 6.47. The summed E-state index contributed by atoms with van der Waals surface area (Å²) in [6.07, 6.45) is -1.52. The number of hydrogen-bond donors (Lipinski definition) is 1. The molecule has 142 valence electrons. The fourth-order valence-electron chi connectivity index (χ4n) is 2.70. The summed E-state index contributed by atoms with van der Waals surface area (Å²) < 4.78 is 43.0. The SMILES string of the molecule is Cc1cnccc1Cn1c(C)c(O)n(-c2ccc(OC(F)(F)F)cc2)c1=O. The van der Waals surface area contributed by atoms with Gasteiger partial charge in [0.25, 0.3) is 0 Å². The quantitative estimate of drug-likeness (QED) is 0.755. The molecule has 3 aromatic rings. The Bertz CT molecular complexity index is 1020. The zero-order valence-corrected chi connectivity index (χ0v) is 14.5. The van der Waals surface area contributed by atoms with Crippen LogP contribution in [-0.4, -0.2) is 25.6 Å². The second kappa shape index (κ2) is 6.82. The lowest BCUT2D eigenvalue weighted by molar-refractivity contribution is -0.274. The van der Waals surface area contributed by atoms with Crippen molar-refractivity contribution in [3.63, 3.8) is 0 Å². The maximum atomic E-state index is 12.8. The van der Waals surface area contributed by atoms with Crippen molar-refractivity contribution in [1.29, 1.82) is 0 Å². The van der Waals surface area contributed by atoms with Gasteiger partial charge in [0, 0.05) is 12.4 Å². The third-order valence-corrected chi connectivity index (χ3v) is 4.16. The fraction of sp³-hybridized carbons (Fsp3) is 0.222. The zero-order chi connectivity index (χ0) is 19.8. The van der Waals surface area contributed by atoms with Gasteiger partial charge in [-0.1, -0.05) is 0 Å². The third kappa shape index (κ3) is 3.81. The first-order chi connectivity index (χ1) is 12.7. The van der Waals surface area contributed by atoms with Gasteiger partial charge in [0.05, 0.1) is 17.9 Å². The molecule has 0 aliphatic rings. The van der Waals surface area contributed by atoms with E-state index in [1.807, 2.05) is 6.92 Å². The molecule has 0 aliphatic carbocycles. The number of alkyl halides is 3. The minimum Gasteiger partial charge on any atom is -0.493 e. The topological polar surface area (TPSA) is 69.3 Å². The first-order valence-electron chi connectivity index (χ1n) is 7.94. The molecule has 2 heterocycles. The molecule has 0 aliphatic heterocycles. The Morgan fingerprint density at radius 3 is 2.41 bits per heavy atom. The summed E-state index contributed by atoms with van der Waals surface area (Å²) in [5, 5.41) is 10.4. The number of pyridine rings is 1. The van der Waals surface area contributed by atoms with E-state index in [4.69, 9.17) is 0 Å². The fourth-order valence-corrected chi connectivity index (χ4v) is 2.70. The lowest BCUT2D eigenvalue weighted by atomic mass is 10.1. The predicted octanol–water partition coefficient (Wildman–Crippen LogP) is 3.30. The molecule has 0 fully saturated rings. The van der Waals surface area contributed by atoms with Gasteiger partial charge in [-0.05, 0) is 55.3 Å². The van der Waals surface area contributed by atoms with Crippen LogP contribution < -0.4 is 10.4 Å². The molecule has 0 radical (unpaired) electrons. The highest BCUT2D eigenvalue weighted by molar-refractivity contribution is 5.41. The Morgan fingerprint density at radius 2 is 1.81 bits per heavy atom. The summed E-state index contributed by atoms with van der Waals surface area (Å²) in [6.45, 7) is 3.68. The second-order valence-corrected chi connectivity index (χ2v) is 5.96. The Balaban J connectivity index is 1.98. The number of imidazole rings is 1. The standard InChI is InChI=1S/C18H16F3N3O3/c1-11-9-22-8-7-13(11)10-23-12(2)16(25)24(17(23)26)14-3-5-15(6-4-14)27-18(19,20)21/h3-9,25H,10H2,1-2H3. The van der Waals surface area contributed by atoms with Gasteiger partial charge in [0.15, 0.2) is 0 Å². The van der Waals surface area contributed by atoms with E-state index in [9.17, 15) is 23.1 Å². The molecule has 0 spiro atoms. The van der Waals surface area contributed by atoms with E-state index in [0.29, 0.717) is 5.69 Å². The van der Waals surface area contributed by atoms with Crippen LogP contribution in [0, 0.1) is 13.8 Å². The summed E-state index contributed by atoms with van der Waals surface area (Å²) >= 11 is 0. The van der Waals surface area contributed by atoms with Gasteiger partial charge < -0.3 is 9.84 Å². The van der Waals surface area contributed by atoms with Crippen molar-refractivity contribution in [2.45, 2.75) is 26.8 Å². The van der Waals surface area contributed by atoms with Gasteiger partial charge in [-0.15, -0.1) is 13.2 Å². The van der Waals surface area contributed by atoms with Crippen LogP contribution in [0.1, 0.15) is 16.8 Å². The van der Waals surface area contributed by atoms with Crippen LogP contribution in [0.15, 0.2) is 47.5 Å². The second-order valence-electron chi connectivity index (χ2n) is 5.96. The van der Waals surface area contributed by atoms with Gasteiger partial charge >= 0.3 is 12.1 Å². The Morgan fingerprint density at radius 1 is 1.15 bits per heavy atom. The highest BCUT2D eigenvalue weighted by Crippen LogP contribution is 2.26. The van der Waals surface area contributed by atoms with E-state index in [1.54, 1.807) is 25.4 Å². The van der Waals surface area contributed by atoms with Gasteiger partial charge in [-0.3, -0.25) is 9.55 Å². The number of rotatable bonds is 4. The van der Waals surface area contributed by atoms with Crippen molar-refractivity contribution in [2.24, 2.45) is 0 Å². The van der Waals surface area contributed by atoms with E-state index >= 15 is 0 Å². The van der Waals surface area contributed by atoms with Crippen molar-refractivity contribution in [3.8, 4) is 17.3 Å². The molecule has 0 unspecified atom stereocenters. The molecule has 1 aromatic carbocycles. The Kier molecular flexibility index (Phi) is 4.69. The van der Waals surface area contributed by atoms with Crippen LogP contribution in [-0.2, 0) is 6.54 Å². The summed E-state index contributed by atoms with van der Waals surface area (Å²) in [5.74, 6) is -0.696. The van der Waals surface area contributed by atoms with Gasteiger partial charge in [-0.25, -0.2) is 9.36 Å². The molecule has 0 atom stereocenters. The van der Waals surface area contributed by atoms with Crippen LogP contribution >= 0.6 is 0 Å². The zero-order valence-electron chi connectivity index (χ0n) is 14.5. The predicted molar refractivity (Wildman–Crippen MR) is 91.2 cm³/mol.